The van der Waals surface area contributed by atoms with E-state index in [0.717, 1.165) is 17.0 Å². The maximum Gasteiger partial charge on any atom is 0.203 e. The number of carbonyl (C=O) groups excluding carboxylic acids is 2. The summed E-state index contributed by atoms with van der Waals surface area (Å²) in [4.78, 5) is 22.2. The maximum atomic E-state index is 11.5. The van der Waals surface area contributed by atoms with Gasteiger partial charge in [-0.1, -0.05) is 11.6 Å². The molecule has 0 aliphatic carbocycles. The van der Waals surface area contributed by atoms with Gasteiger partial charge >= 0.3 is 0 Å². The lowest BCUT2D eigenvalue weighted by atomic mass is 9.97. The molecule has 0 saturated carbocycles. The summed E-state index contributed by atoms with van der Waals surface area (Å²) in [5, 5.41) is 3.77. The molecule has 0 spiro atoms. The molecule has 20 heavy (non-hydrogen) atoms. The third-order valence-corrected chi connectivity index (χ3v) is 3.52. The van der Waals surface area contributed by atoms with Gasteiger partial charge in [-0.3, -0.25) is 9.59 Å². The molecule has 1 fully saturated rings. The number of ketones is 1. The van der Waals surface area contributed by atoms with E-state index in [9.17, 15) is 9.59 Å². The number of hydrogen-bond donors (Lipinski definition) is 3. The molecule has 1 heterocycles. The molecule has 1 aromatic rings. The summed E-state index contributed by atoms with van der Waals surface area (Å²) in [7, 11) is 0. The SMILES string of the molecule is CC(NNc1ccc(Cl)cc1)=C1CNCC1C(=O)C=O. The van der Waals surface area contributed by atoms with Gasteiger partial charge in [-0.15, -0.1) is 0 Å². The normalized spacial score (nSPS) is 20.4. The third kappa shape index (κ3) is 3.37. The summed E-state index contributed by atoms with van der Waals surface area (Å²) in [6.07, 6.45) is 0.386. The average Bonchev–Trinajstić information content (AvgIpc) is 2.95. The lowest BCUT2D eigenvalue weighted by Crippen LogP contribution is -2.25. The van der Waals surface area contributed by atoms with Crippen molar-refractivity contribution in [1.82, 2.24) is 10.7 Å². The summed E-state index contributed by atoms with van der Waals surface area (Å²) >= 11 is 5.81. The zero-order chi connectivity index (χ0) is 14.5. The molecule has 0 aromatic heterocycles. The minimum atomic E-state index is -0.391. The van der Waals surface area contributed by atoms with Crippen molar-refractivity contribution in [2.75, 3.05) is 18.5 Å². The lowest BCUT2D eigenvalue weighted by molar-refractivity contribution is -0.131. The molecule has 2 rings (SSSR count). The number of halogens is 1. The van der Waals surface area contributed by atoms with Crippen molar-refractivity contribution in [3.05, 3.63) is 40.6 Å². The topological polar surface area (TPSA) is 70.2 Å². The molecule has 0 radical (unpaired) electrons. The van der Waals surface area contributed by atoms with E-state index in [1.165, 1.54) is 0 Å². The first-order chi connectivity index (χ1) is 9.61. The number of anilines is 1. The van der Waals surface area contributed by atoms with Crippen molar-refractivity contribution < 1.29 is 9.59 Å². The fourth-order valence-corrected chi connectivity index (χ4v) is 2.25. The molecule has 1 aliphatic heterocycles. The predicted molar refractivity (Wildman–Crippen MR) is 78.3 cm³/mol. The Bertz CT molecular complexity index is 540. The molecule has 1 atom stereocenters. The van der Waals surface area contributed by atoms with Crippen LogP contribution in [0.3, 0.4) is 0 Å². The van der Waals surface area contributed by atoms with E-state index in [1.807, 2.05) is 19.1 Å². The second-order valence-corrected chi connectivity index (χ2v) is 5.05. The lowest BCUT2D eigenvalue weighted by Gasteiger charge is -2.15. The highest BCUT2D eigenvalue weighted by Crippen LogP contribution is 2.19. The van der Waals surface area contributed by atoms with Crippen LogP contribution in [0.25, 0.3) is 0 Å². The van der Waals surface area contributed by atoms with Gasteiger partial charge in [0.25, 0.3) is 0 Å². The van der Waals surface area contributed by atoms with Gasteiger partial charge < -0.3 is 16.2 Å². The van der Waals surface area contributed by atoms with Crippen molar-refractivity contribution in [2.24, 2.45) is 5.92 Å². The maximum absolute atomic E-state index is 11.5. The van der Waals surface area contributed by atoms with Crippen LogP contribution in [0, 0.1) is 5.92 Å². The summed E-state index contributed by atoms with van der Waals surface area (Å²) in [5.41, 5.74) is 8.68. The first-order valence-corrected chi connectivity index (χ1v) is 6.66. The van der Waals surface area contributed by atoms with E-state index < -0.39 is 5.78 Å². The van der Waals surface area contributed by atoms with Crippen molar-refractivity contribution in [1.29, 1.82) is 0 Å². The highest BCUT2D eigenvalue weighted by atomic mass is 35.5. The zero-order valence-electron chi connectivity index (χ0n) is 11.1. The quantitative estimate of drug-likeness (QED) is 0.436. The molecule has 1 aliphatic rings. The van der Waals surface area contributed by atoms with Crippen molar-refractivity contribution >= 4 is 29.4 Å². The Morgan fingerprint density at radius 3 is 2.75 bits per heavy atom. The van der Waals surface area contributed by atoms with Crippen LogP contribution in [-0.2, 0) is 9.59 Å². The summed E-state index contributed by atoms with van der Waals surface area (Å²) in [5.74, 6) is -0.760. The summed E-state index contributed by atoms with van der Waals surface area (Å²) in [6, 6.07) is 7.25. The number of hydrazine groups is 1. The molecule has 106 valence electrons. The van der Waals surface area contributed by atoms with E-state index in [-0.39, 0.29) is 5.92 Å². The van der Waals surface area contributed by atoms with Gasteiger partial charge in [0.2, 0.25) is 5.78 Å². The highest BCUT2D eigenvalue weighted by molar-refractivity contribution is 6.30. The molecule has 6 heteroatoms. The molecular weight excluding hydrogens is 278 g/mol. The van der Waals surface area contributed by atoms with E-state index in [1.54, 1.807) is 12.1 Å². The Morgan fingerprint density at radius 1 is 1.40 bits per heavy atom. The molecule has 5 nitrogen and oxygen atoms in total. The highest BCUT2D eigenvalue weighted by Gasteiger charge is 2.28. The second-order valence-electron chi connectivity index (χ2n) is 4.61. The average molecular weight is 294 g/mol. The molecule has 0 bridgehead atoms. The predicted octanol–water partition coefficient (Wildman–Crippen LogP) is 1.52. The molecule has 0 amide bonds. The Labute approximate surface area is 122 Å². The van der Waals surface area contributed by atoms with Gasteiger partial charge in [-0.2, -0.15) is 0 Å². The smallest absolute Gasteiger partial charge is 0.203 e. The van der Waals surface area contributed by atoms with Crippen LogP contribution in [0.5, 0.6) is 0 Å². The molecular formula is C14H16ClN3O2. The van der Waals surface area contributed by atoms with Gasteiger partial charge in [0.1, 0.15) is 0 Å². The van der Waals surface area contributed by atoms with Crippen LogP contribution < -0.4 is 16.2 Å². The number of allylic oxidation sites excluding steroid dienone is 1. The standard InChI is InChI=1S/C14H16ClN3O2/c1-9(12-6-16-7-13(12)14(20)8-19)17-18-11-4-2-10(15)3-5-11/h2-5,8,13,16-18H,6-7H2,1H3. The fourth-order valence-electron chi connectivity index (χ4n) is 2.13. The largest absolute Gasteiger partial charge is 0.312 e. The van der Waals surface area contributed by atoms with E-state index >= 15 is 0 Å². The number of benzene rings is 1. The minimum Gasteiger partial charge on any atom is -0.312 e. The number of Topliss-reactive ketones (excluding diaryl/α,β-unsaturated/α-hetero) is 1. The van der Waals surface area contributed by atoms with E-state index in [0.29, 0.717) is 24.4 Å². The van der Waals surface area contributed by atoms with Gasteiger partial charge in [0.15, 0.2) is 6.29 Å². The molecule has 1 unspecified atom stereocenters. The Hall–Kier alpha value is -1.85. The summed E-state index contributed by atoms with van der Waals surface area (Å²) < 4.78 is 0. The Balaban J connectivity index is 2.04. The van der Waals surface area contributed by atoms with Crippen molar-refractivity contribution in [3.63, 3.8) is 0 Å². The van der Waals surface area contributed by atoms with Crippen molar-refractivity contribution in [3.8, 4) is 0 Å². The van der Waals surface area contributed by atoms with Crippen LogP contribution in [-0.4, -0.2) is 25.2 Å². The second kappa shape index (κ2) is 6.54. The number of aldehydes is 1. The first-order valence-electron chi connectivity index (χ1n) is 6.29. The Morgan fingerprint density at radius 2 is 2.10 bits per heavy atom. The number of hydrogen-bond acceptors (Lipinski definition) is 5. The number of rotatable bonds is 5. The zero-order valence-corrected chi connectivity index (χ0v) is 11.8. The van der Waals surface area contributed by atoms with Gasteiger partial charge in [0.05, 0.1) is 11.6 Å². The van der Waals surface area contributed by atoms with Crippen LogP contribution in [0.15, 0.2) is 35.5 Å². The van der Waals surface area contributed by atoms with Crippen LogP contribution in [0.2, 0.25) is 5.02 Å². The van der Waals surface area contributed by atoms with Gasteiger partial charge in [-0.05, 0) is 36.8 Å². The third-order valence-electron chi connectivity index (χ3n) is 3.26. The monoisotopic (exact) mass is 293 g/mol. The fraction of sp³-hybridized carbons (Fsp3) is 0.286. The molecule has 1 aromatic carbocycles. The van der Waals surface area contributed by atoms with Gasteiger partial charge in [-0.25, -0.2) is 0 Å². The first kappa shape index (κ1) is 14.6. The van der Waals surface area contributed by atoms with Crippen LogP contribution in [0.1, 0.15) is 6.92 Å². The minimum absolute atomic E-state index is 0.369. The number of carbonyl (C=O) groups is 2. The molecule has 3 N–H and O–H groups in total. The van der Waals surface area contributed by atoms with Crippen LogP contribution in [0.4, 0.5) is 5.69 Å². The van der Waals surface area contributed by atoms with Gasteiger partial charge in [0, 0.05) is 23.8 Å². The van der Waals surface area contributed by atoms with Crippen molar-refractivity contribution in [2.45, 2.75) is 6.92 Å². The van der Waals surface area contributed by atoms with E-state index in [4.69, 9.17) is 11.6 Å². The van der Waals surface area contributed by atoms with Crippen LogP contribution >= 0.6 is 11.6 Å². The number of nitrogens with one attached hydrogen (secondary N) is 3. The Kier molecular flexibility index (Phi) is 4.76. The summed E-state index contributed by atoms with van der Waals surface area (Å²) in [6.45, 7) is 2.98. The van der Waals surface area contributed by atoms with E-state index in [2.05, 4.69) is 16.2 Å². The molecule has 1 saturated heterocycles.